The summed E-state index contributed by atoms with van der Waals surface area (Å²) in [6.45, 7) is 0. The molecule has 4 rings (SSSR count). The number of aromatic nitrogens is 2. The third kappa shape index (κ3) is 2.68. The molecule has 0 spiro atoms. The average molecular weight is 324 g/mol. The van der Waals surface area contributed by atoms with Gasteiger partial charge in [0.05, 0.1) is 18.2 Å². The van der Waals surface area contributed by atoms with Crippen molar-refractivity contribution in [1.29, 1.82) is 0 Å². The highest BCUT2D eigenvalue weighted by Gasteiger charge is 2.31. The van der Waals surface area contributed by atoms with E-state index in [1.807, 2.05) is 35.0 Å². The molecule has 1 aliphatic carbocycles. The second-order valence-electron chi connectivity index (χ2n) is 6.48. The lowest BCUT2D eigenvalue weighted by Crippen LogP contribution is -2.31. The van der Waals surface area contributed by atoms with E-state index in [-0.39, 0.29) is 18.2 Å². The summed E-state index contributed by atoms with van der Waals surface area (Å²) in [5.41, 5.74) is 1.58. The molecule has 24 heavy (non-hydrogen) atoms. The Kier molecular flexibility index (Phi) is 3.80. The monoisotopic (exact) mass is 324 g/mol. The Labute approximate surface area is 140 Å². The number of hydrogen-bond acceptors (Lipinski definition) is 3. The molecular formula is C18H20N4O2. The van der Waals surface area contributed by atoms with Crippen LogP contribution in [0.4, 0.5) is 11.5 Å². The first kappa shape index (κ1) is 14.9. The van der Waals surface area contributed by atoms with Crippen LogP contribution < -0.4 is 10.6 Å². The highest BCUT2D eigenvalue weighted by Crippen LogP contribution is 2.34. The van der Waals surface area contributed by atoms with Crippen molar-refractivity contribution in [3.8, 4) is 0 Å². The van der Waals surface area contributed by atoms with Gasteiger partial charge in [0, 0.05) is 18.2 Å². The lowest BCUT2D eigenvalue weighted by molar-refractivity contribution is -0.123. The van der Waals surface area contributed by atoms with Crippen molar-refractivity contribution < 1.29 is 9.59 Å². The van der Waals surface area contributed by atoms with Crippen molar-refractivity contribution >= 4 is 23.3 Å². The van der Waals surface area contributed by atoms with E-state index in [1.165, 1.54) is 12.8 Å². The number of rotatable bonds is 3. The molecule has 2 aliphatic rings. The molecule has 1 fully saturated rings. The van der Waals surface area contributed by atoms with Gasteiger partial charge in [-0.1, -0.05) is 31.0 Å². The fourth-order valence-corrected chi connectivity index (χ4v) is 3.71. The highest BCUT2D eigenvalue weighted by molar-refractivity contribution is 6.04. The fourth-order valence-electron chi connectivity index (χ4n) is 3.71. The molecule has 2 amide bonds. The minimum absolute atomic E-state index is 0.127. The van der Waals surface area contributed by atoms with Gasteiger partial charge in [-0.05, 0) is 24.5 Å². The highest BCUT2D eigenvalue weighted by atomic mass is 16.2. The predicted octanol–water partition coefficient (Wildman–Crippen LogP) is 3.06. The van der Waals surface area contributed by atoms with Gasteiger partial charge in [0.1, 0.15) is 5.82 Å². The van der Waals surface area contributed by atoms with Crippen molar-refractivity contribution in [2.24, 2.45) is 0 Å². The first-order valence-corrected chi connectivity index (χ1v) is 8.45. The van der Waals surface area contributed by atoms with Gasteiger partial charge in [-0.15, -0.1) is 0 Å². The lowest BCUT2D eigenvalue weighted by Gasteiger charge is -2.25. The summed E-state index contributed by atoms with van der Waals surface area (Å²) in [7, 11) is 0. The maximum absolute atomic E-state index is 12.8. The third-order valence-corrected chi connectivity index (χ3v) is 4.91. The van der Waals surface area contributed by atoms with Gasteiger partial charge in [-0.2, -0.15) is 5.10 Å². The summed E-state index contributed by atoms with van der Waals surface area (Å²) in [5, 5.41) is 10.2. The van der Waals surface area contributed by atoms with Crippen LogP contribution in [0.5, 0.6) is 0 Å². The van der Waals surface area contributed by atoms with Crippen LogP contribution in [0, 0.1) is 0 Å². The number of nitrogens with zero attached hydrogens (tertiary/aromatic N) is 2. The summed E-state index contributed by atoms with van der Waals surface area (Å²) in [6.07, 6.45) is 6.48. The first-order chi connectivity index (χ1) is 11.7. The van der Waals surface area contributed by atoms with Crippen LogP contribution >= 0.6 is 0 Å². The summed E-state index contributed by atoms with van der Waals surface area (Å²) in [4.78, 5) is 24.7. The number of para-hydroxylation sites is 1. The zero-order chi connectivity index (χ0) is 16.5. The van der Waals surface area contributed by atoms with Crippen LogP contribution in [0.3, 0.4) is 0 Å². The number of carbonyl (C=O) groups is 2. The van der Waals surface area contributed by atoms with E-state index in [1.54, 1.807) is 6.20 Å². The van der Waals surface area contributed by atoms with E-state index in [2.05, 4.69) is 15.7 Å². The number of amides is 2. The molecule has 1 aromatic carbocycles. The van der Waals surface area contributed by atoms with Gasteiger partial charge >= 0.3 is 0 Å². The maximum atomic E-state index is 12.8. The van der Waals surface area contributed by atoms with Crippen LogP contribution in [0.1, 0.15) is 49.6 Å². The average Bonchev–Trinajstić information content (AvgIpc) is 3.25. The van der Waals surface area contributed by atoms with Crippen molar-refractivity contribution in [3.63, 3.8) is 0 Å². The molecular weight excluding hydrogens is 304 g/mol. The zero-order valence-electron chi connectivity index (χ0n) is 13.4. The second kappa shape index (κ2) is 6.11. The molecule has 0 radical (unpaired) electrons. The number of hydrogen-bond donors (Lipinski definition) is 2. The van der Waals surface area contributed by atoms with Crippen LogP contribution in [0.2, 0.25) is 0 Å². The number of nitrogens with one attached hydrogen (secondary N) is 2. The van der Waals surface area contributed by atoms with Gasteiger partial charge in [0.2, 0.25) is 11.8 Å². The van der Waals surface area contributed by atoms with E-state index >= 15 is 0 Å². The Morgan fingerprint density at radius 2 is 2.00 bits per heavy atom. The largest absolute Gasteiger partial charge is 0.326 e. The number of carbonyl (C=O) groups excluding carboxylic acids is 2. The summed E-state index contributed by atoms with van der Waals surface area (Å²) in [6, 6.07) is 9.65. The molecule has 6 nitrogen and oxygen atoms in total. The quantitative estimate of drug-likeness (QED) is 0.911. The van der Waals surface area contributed by atoms with E-state index in [0.29, 0.717) is 6.04 Å². The summed E-state index contributed by atoms with van der Waals surface area (Å²) < 4.78 is 1.92. The maximum Gasteiger partial charge on any atom is 0.233 e. The minimum atomic E-state index is -0.470. The molecule has 2 aromatic rings. The van der Waals surface area contributed by atoms with Crippen LogP contribution in [0.15, 0.2) is 36.5 Å². The van der Waals surface area contributed by atoms with Gasteiger partial charge < -0.3 is 10.6 Å². The van der Waals surface area contributed by atoms with Crippen molar-refractivity contribution in [2.45, 2.75) is 44.1 Å². The molecule has 1 aromatic heterocycles. The normalized spacial score (nSPS) is 20.5. The molecule has 1 atom stereocenters. The summed E-state index contributed by atoms with van der Waals surface area (Å²) in [5.74, 6) is -0.0348. The van der Waals surface area contributed by atoms with E-state index in [4.69, 9.17) is 0 Å². The standard InChI is InChI=1S/C18H20N4O2/c23-17-11-14(13-7-3-4-8-15(13)20-17)18(24)21-16-9-10-19-22(16)12-5-1-2-6-12/h3-4,7-10,12,14H,1-2,5-6,11H2,(H,20,23)(H,21,24). The Balaban J connectivity index is 1.57. The molecule has 6 heteroatoms. The van der Waals surface area contributed by atoms with Gasteiger partial charge in [-0.25, -0.2) is 4.68 Å². The molecule has 0 saturated heterocycles. The van der Waals surface area contributed by atoms with E-state index in [0.717, 1.165) is 29.9 Å². The first-order valence-electron chi connectivity index (χ1n) is 8.45. The zero-order valence-corrected chi connectivity index (χ0v) is 13.4. The Bertz CT molecular complexity index is 777. The van der Waals surface area contributed by atoms with E-state index < -0.39 is 5.92 Å². The Morgan fingerprint density at radius 1 is 1.21 bits per heavy atom. The third-order valence-electron chi connectivity index (χ3n) is 4.91. The van der Waals surface area contributed by atoms with Crippen molar-refractivity contribution in [1.82, 2.24) is 9.78 Å². The molecule has 1 saturated carbocycles. The SMILES string of the molecule is O=C1CC(C(=O)Nc2ccnn2C2CCCC2)c2ccccc2N1. The van der Waals surface area contributed by atoms with Crippen molar-refractivity contribution in [3.05, 3.63) is 42.1 Å². The number of benzene rings is 1. The van der Waals surface area contributed by atoms with Crippen molar-refractivity contribution in [2.75, 3.05) is 10.6 Å². The van der Waals surface area contributed by atoms with Gasteiger partial charge in [-0.3, -0.25) is 9.59 Å². The smallest absolute Gasteiger partial charge is 0.233 e. The lowest BCUT2D eigenvalue weighted by atomic mass is 9.90. The number of fused-ring (bicyclic) bond motifs is 1. The van der Waals surface area contributed by atoms with Gasteiger partial charge in [0.25, 0.3) is 0 Å². The Morgan fingerprint density at radius 3 is 2.83 bits per heavy atom. The molecule has 2 N–H and O–H groups in total. The molecule has 0 bridgehead atoms. The fraction of sp³-hybridized carbons (Fsp3) is 0.389. The topological polar surface area (TPSA) is 76.0 Å². The Hall–Kier alpha value is -2.63. The molecule has 1 aliphatic heterocycles. The molecule has 124 valence electrons. The van der Waals surface area contributed by atoms with Gasteiger partial charge in [0.15, 0.2) is 0 Å². The van der Waals surface area contributed by atoms with Crippen LogP contribution in [-0.4, -0.2) is 21.6 Å². The summed E-state index contributed by atoms with van der Waals surface area (Å²) >= 11 is 0. The van der Waals surface area contributed by atoms with Crippen LogP contribution in [0.25, 0.3) is 0 Å². The minimum Gasteiger partial charge on any atom is -0.326 e. The molecule has 1 unspecified atom stereocenters. The number of anilines is 2. The molecule has 2 heterocycles. The predicted molar refractivity (Wildman–Crippen MR) is 90.8 cm³/mol. The van der Waals surface area contributed by atoms with Crippen LogP contribution in [-0.2, 0) is 9.59 Å². The second-order valence-corrected chi connectivity index (χ2v) is 6.48. The van der Waals surface area contributed by atoms with E-state index in [9.17, 15) is 9.59 Å².